The number of hydrogen-bond acceptors (Lipinski definition) is 3. The number of aliphatic imine (C=N–C) groups is 1. The molecule has 1 aromatic heterocycles. The Hall–Kier alpha value is -2.55. The van der Waals surface area contributed by atoms with Gasteiger partial charge in [-0.3, -0.25) is 4.99 Å². The predicted molar refractivity (Wildman–Crippen MR) is 80.6 cm³/mol. The molecular formula is C17H13N3. The molecule has 1 aliphatic heterocycles. The number of rotatable bonds is 1. The Morgan fingerprint density at radius 1 is 1.05 bits per heavy atom. The van der Waals surface area contributed by atoms with Gasteiger partial charge in [0.1, 0.15) is 6.33 Å². The minimum atomic E-state index is 0.898. The average molecular weight is 259 g/mol. The summed E-state index contributed by atoms with van der Waals surface area (Å²) in [6, 6.07) is 12.7. The molecule has 0 amide bonds. The Bertz CT molecular complexity index is 850. The average Bonchev–Trinajstić information content (AvgIpc) is 2.89. The minimum Gasteiger partial charge on any atom is -0.252 e. The van der Waals surface area contributed by atoms with Crippen LogP contribution in [0.4, 0.5) is 5.69 Å². The maximum Gasteiger partial charge on any atom is 0.116 e. The third-order valence-corrected chi connectivity index (χ3v) is 3.69. The molecule has 0 radical (unpaired) electrons. The molecule has 3 heteroatoms. The first-order chi connectivity index (χ1) is 9.79. The van der Waals surface area contributed by atoms with Crippen LogP contribution >= 0.6 is 0 Å². The topological polar surface area (TPSA) is 38.1 Å². The molecule has 0 saturated carbocycles. The van der Waals surface area contributed by atoms with Crippen molar-refractivity contribution in [3.05, 3.63) is 65.6 Å². The second-order valence-corrected chi connectivity index (χ2v) is 5.16. The summed E-state index contributed by atoms with van der Waals surface area (Å²) < 4.78 is 0. The molecule has 3 aromatic rings. The molecule has 0 fully saturated rings. The Morgan fingerprint density at radius 3 is 2.95 bits per heavy atom. The van der Waals surface area contributed by atoms with Crippen LogP contribution in [0, 0.1) is 6.92 Å². The predicted octanol–water partition coefficient (Wildman–Crippen LogP) is 3.62. The fraction of sp³-hybridized carbons (Fsp3) is 0.118. The number of benzene rings is 2. The SMILES string of the molecule is Cc1ccc2c(c1)N=C(c1ccc3ncncc3c1)C2. The lowest BCUT2D eigenvalue weighted by Crippen LogP contribution is -2.00. The number of aromatic nitrogens is 2. The zero-order valence-electron chi connectivity index (χ0n) is 11.2. The summed E-state index contributed by atoms with van der Waals surface area (Å²) in [4.78, 5) is 13.1. The molecule has 2 aromatic carbocycles. The normalized spacial score (nSPS) is 13.3. The Balaban J connectivity index is 1.79. The Labute approximate surface area is 117 Å². The molecule has 0 bridgehead atoms. The molecule has 20 heavy (non-hydrogen) atoms. The van der Waals surface area contributed by atoms with Crippen molar-refractivity contribution in [2.24, 2.45) is 4.99 Å². The summed E-state index contributed by atoms with van der Waals surface area (Å²) in [6.45, 7) is 2.10. The van der Waals surface area contributed by atoms with E-state index in [0.29, 0.717) is 0 Å². The maximum absolute atomic E-state index is 4.77. The Kier molecular flexibility index (Phi) is 2.39. The van der Waals surface area contributed by atoms with E-state index in [-0.39, 0.29) is 0 Å². The first-order valence-corrected chi connectivity index (χ1v) is 6.67. The highest BCUT2D eigenvalue weighted by Gasteiger charge is 2.16. The van der Waals surface area contributed by atoms with Gasteiger partial charge in [-0.25, -0.2) is 9.97 Å². The largest absolute Gasteiger partial charge is 0.252 e. The van der Waals surface area contributed by atoms with Gasteiger partial charge in [0.15, 0.2) is 0 Å². The van der Waals surface area contributed by atoms with Gasteiger partial charge in [-0.15, -0.1) is 0 Å². The molecule has 0 aliphatic carbocycles. The van der Waals surface area contributed by atoms with E-state index in [1.165, 1.54) is 11.1 Å². The van der Waals surface area contributed by atoms with Crippen LogP contribution in [0.15, 0.2) is 53.9 Å². The van der Waals surface area contributed by atoms with Crippen LogP contribution in [0.25, 0.3) is 10.9 Å². The van der Waals surface area contributed by atoms with Crippen molar-refractivity contribution >= 4 is 22.3 Å². The van der Waals surface area contributed by atoms with Crippen molar-refractivity contribution in [1.29, 1.82) is 0 Å². The van der Waals surface area contributed by atoms with Crippen LogP contribution in [-0.4, -0.2) is 15.7 Å². The fourth-order valence-electron chi connectivity index (χ4n) is 2.62. The van der Waals surface area contributed by atoms with E-state index in [1.54, 1.807) is 6.33 Å². The van der Waals surface area contributed by atoms with E-state index in [4.69, 9.17) is 4.99 Å². The van der Waals surface area contributed by atoms with Crippen LogP contribution in [0.5, 0.6) is 0 Å². The minimum absolute atomic E-state index is 0.898. The molecule has 2 heterocycles. The fourth-order valence-corrected chi connectivity index (χ4v) is 2.62. The highest BCUT2D eigenvalue weighted by Crippen LogP contribution is 2.30. The van der Waals surface area contributed by atoms with Crippen molar-refractivity contribution in [2.45, 2.75) is 13.3 Å². The van der Waals surface area contributed by atoms with Crippen molar-refractivity contribution < 1.29 is 0 Å². The van der Waals surface area contributed by atoms with E-state index >= 15 is 0 Å². The summed E-state index contributed by atoms with van der Waals surface area (Å²) in [5, 5.41) is 1.06. The van der Waals surface area contributed by atoms with Crippen LogP contribution in [0.3, 0.4) is 0 Å². The van der Waals surface area contributed by atoms with Gasteiger partial charge < -0.3 is 0 Å². The lowest BCUT2D eigenvalue weighted by Gasteiger charge is -2.02. The lowest BCUT2D eigenvalue weighted by atomic mass is 10.0. The second-order valence-electron chi connectivity index (χ2n) is 5.16. The smallest absolute Gasteiger partial charge is 0.116 e. The number of aryl methyl sites for hydroxylation is 1. The first-order valence-electron chi connectivity index (χ1n) is 6.67. The van der Waals surface area contributed by atoms with E-state index in [0.717, 1.165) is 34.3 Å². The van der Waals surface area contributed by atoms with Gasteiger partial charge in [0.2, 0.25) is 0 Å². The molecular weight excluding hydrogens is 246 g/mol. The monoisotopic (exact) mass is 259 g/mol. The van der Waals surface area contributed by atoms with Gasteiger partial charge in [0.05, 0.1) is 16.9 Å². The van der Waals surface area contributed by atoms with Gasteiger partial charge in [0, 0.05) is 18.0 Å². The van der Waals surface area contributed by atoms with Gasteiger partial charge in [-0.1, -0.05) is 18.2 Å². The standard InChI is InChI=1S/C17H13N3/c1-11-2-3-13-8-17(20-16(13)6-11)12-4-5-15-14(7-12)9-18-10-19-15/h2-7,9-10H,8H2,1H3. The van der Waals surface area contributed by atoms with Crippen LogP contribution in [0.1, 0.15) is 16.7 Å². The first kappa shape index (κ1) is 11.3. The molecule has 0 N–H and O–H groups in total. The third kappa shape index (κ3) is 1.79. The van der Waals surface area contributed by atoms with E-state index in [1.807, 2.05) is 12.3 Å². The molecule has 0 atom stereocenters. The Morgan fingerprint density at radius 2 is 2.00 bits per heavy atom. The van der Waals surface area contributed by atoms with Gasteiger partial charge >= 0.3 is 0 Å². The van der Waals surface area contributed by atoms with Gasteiger partial charge in [-0.2, -0.15) is 0 Å². The van der Waals surface area contributed by atoms with Crippen molar-refractivity contribution in [2.75, 3.05) is 0 Å². The molecule has 3 nitrogen and oxygen atoms in total. The summed E-state index contributed by atoms with van der Waals surface area (Å²) in [7, 11) is 0. The third-order valence-electron chi connectivity index (χ3n) is 3.69. The van der Waals surface area contributed by atoms with Crippen LogP contribution in [-0.2, 0) is 6.42 Å². The maximum atomic E-state index is 4.77. The molecule has 0 spiro atoms. The highest BCUT2D eigenvalue weighted by molar-refractivity contribution is 6.08. The van der Waals surface area contributed by atoms with Crippen molar-refractivity contribution in [3.63, 3.8) is 0 Å². The molecule has 0 saturated heterocycles. The highest BCUT2D eigenvalue weighted by atomic mass is 14.8. The number of hydrogen-bond donors (Lipinski definition) is 0. The van der Waals surface area contributed by atoms with Crippen molar-refractivity contribution in [1.82, 2.24) is 9.97 Å². The number of fused-ring (bicyclic) bond motifs is 2. The molecule has 96 valence electrons. The van der Waals surface area contributed by atoms with Gasteiger partial charge in [-0.05, 0) is 41.8 Å². The zero-order valence-corrected chi connectivity index (χ0v) is 11.2. The summed E-state index contributed by atoms with van der Waals surface area (Å²) >= 11 is 0. The summed E-state index contributed by atoms with van der Waals surface area (Å²) in [6.07, 6.45) is 4.32. The van der Waals surface area contributed by atoms with E-state index < -0.39 is 0 Å². The van der Waals surface area contributed by atoms with E-state index in [2.05, 4.69) is 47.2 Å². The molecule has 4 rings (SSSR count). The second kappa shape index (κ2) is 4.23. The summed E-state index contributed by atoms with van der Waals surface area (Å²) in [5.41, 5.74) is 6.90. The lowest BCUT2D eigenvalue weighted by molar-refractivity contribution is 1.22. The zero-order chi connectivity index (χ0) is 13.5. The van der Waals surface area contributed by atoms with Gasteiger partial charge in [0.25, 0.3) is 0 Å². The van der Waals surface area contributed by atoms with E-state index in [9.17, 15) is 0 Å². The summed E-state index contributed by atoms with van der Waals surface area (Å²) in [5.74, 6) is 0. The molecule has 1 aliphatic rings. The quantitative estimate of drug-likeness (QED) is 0.669. The van der Waals surface area contributed by atoms with Crippen LogP contribution in [0.2, 0.25) is 0 Å². The molecule has 0 unspecified atom stereocenters. The number of nitrogens with zero attached hydrogens (tertiary/aromatic N) is 3. The van der Waals surface area contributed by atoms with Crippen LogP contribution < -0.4 is 0 Å². The van der Waals surface area contributed by atoms with Crippen molar-refractivity contribution in [3.8, 4) is 0 Å².